The number of esters is 1. The molecule has 11 heteroatoms. The van der Waals surface area contributed by atoms with E-state index in [1.165, 1.54) is 0 Å². The second-order valence-corrected chi connectivity index (χ2v) is 15.9. The zero-order chi connectivity index (χ0) is 39.2. The Morgan fingerprint density at radius 1 is 0.927 bits per heavy atom. The molecule has 1 amide bonds. The van der Waals surface area contributed by atoms with Crippen molar-refractivity contribution in [2.24, 2.45) is 5.41 Å². The molecule has 55 heavy (non-hydrogen) atoms. The maximum atomic E-state index is 13.8. The van der Waals surface area contributed by atoms with Gasteiger partial charge in [0.15, 0.2) is 0 Å². The number of rotatable bonds is 19. The van der Waals surface area contributed by atoms with Crippen molar-refractivity contribution in [1.82, 2.24) is 9.55 Å². The summed E-state index contributed by atoms with van der Waals surface area (Å²) in [6, 6.07) is 21.5. The molecule has 0 aliphatic carbocycles. The number of ether oxygens (including phenoxy) is 3. The van der Waals surface area contributed by atoms with E-state index in [2.05, 4.69) is 47.2 Å². The van der Waals surface area contributed by atoms with Gasteiger partial charge < -0.3 is 29.0 Å². The van der Waals surface area contributed by atoms with Crippen molar-refractivity contribution >= 4 is 40.1 Å². The van der Waals surface area contributed by atoms with Gasteiger partial charge in [-0.05, 0) is 118 Å². The quantitative estimate of drug-likeness (QED) is 0.0746. The highest BCUT2D eigenvalue weighted by atomic mass is 32.2. The normalized spacial score (nSPS) is 13.6. The van der Waals surface area contributed by atoms with Gasteiger partial charge in [0.2, 0.25) is 0 Å². The standard InChI is InChI=1S/C44H56N4O6S/c1-6-9-24-52-25-26-54-39-17-12-33(13-18-39)34-14-21-41-36(27-34)28-35(11-10-23-47(41)31-44(4,5)43(50)53-8-3)42(49)46-37-15-19-40(20-16-37)55(51)30-38-29-45-32-48(38)22-7-2/h12-21,27-29,32H,6-11,22-26,30-31H2,1-5H3,(H,46,49)/t55-/m0/s1. The summed E-state index contributed by atoms with van der Waals surface area (Å²) in [6.45, 7) is 14.0. The minimum Gasteiger partial charge on any atom is -0.491 e. The van der Waals surface area contributed by atoms with E-state index in [9.17, 15) is 13.8 Å². The van der Waals surface area contributed by atoms with Gasteiger partial charge in [-0.25, -0.2) is 4.98 Å². The summed E-state index contributed by atoms with van der Waals surface area (Å²) in [4.78, 5) is 33.9. The van der Waals surface area contributed by atoms with Crippen LogP contribution in [0.4, 0.5) is 11.4 Å². The maximum Gasteiger partial charge on any atom is 0.313 e. The summed E-state index contributed by atoms with van der Waals surface area (Å²) in [5.41, 5.74) is 5.33. The molecular weight excluding hydrogens is 713 g/mol. The zero-order valence-corrected chi connectivity index (χ0v) is 33.8. The van der Waals surface area contributed by atoms with Crippen molar-refractivity contribution in [3.05, 3.63) is 96.1 Å². The SMILES string of the molecule is CCCCOCCOc1ccc(-c2ccc3c(c2)C=C(C(=O)Nc2ccc([S@@](=O)Cc4cncn4CCC)cc2)CCCN3CC(C)(C)C(=O)OCC)cc1. The van der Waals surface area contributed by atoms with E-state index in [0.717, 1.165) is 72.7 Å². The van der Waals surface area contributed by atoms with Crippen LogP contribution in [-0.2, 0) is 42.2 Å². The van der Waals surface area contributed by atoms with Crippen LogP contribution >= 0.6 is 0 Å². The molecule has 4 aromatic rings. The number of carbonyl (C=O) groups is 2. The Morgan fingerprint density at radius 2 is 1.69 bits per heavy atom. The Hall–Kier alpha value is -4.74. The van der Waals surface area contributed by atoms with Crippen molar-refractivity contribution in [2.75, 3.05) is 49.7 Å². The molecule has 0 radical (unpaired) electrons. The number of nitrogens with one attached hydrogen (secondary N) is 1. The van der Waals surface area contributed by atoms with Crippen LogP contribution in [0, 0.1) is 5.41 Å². The minimum absolute atomic E-state index is 0.186. The molecule has 1 N–H and O–H groups in total. The molecule has 0 saturated heterocycles. The summed E-state index contributed by atoms with van der Waals surface area (Å²) in [6.07, 6.45) is 9.91. The lowest BCUT2D eigenvalue weighted by Crippen LogP contribution is -2.41. The molecule has 294 valence electrons. The molecular formula is C44H56N4O6S. The highest BCUT2D eigenvalue weighted by molar-refractivity contribution is 7.84. The fourth-order valence-corrected chi connectivity index (χ4v) is 7.65. The number of anilines is 2. The summed E-state index contributed by atoms with van der Waals surface area (Å²) < 4.78 is 32.2. The second-order valence-electron chi connectivity index (χ2n) is 14.5. The molecule has 0 unspecified atom stereocenters. The maximum absolute atomic E-state index is 13.8. The summed E-state index contributed by atoms with van der Waals surface area (Å²) in [7, 11) is -1.25. The number of hydrogen-bond acceptors (Lipinski definition) is 8. The molecule has 3 aromatic carbocycles. The minimum atomic E-state index is -1.25. The third-order valence-corrected chi connectivity index (χ3v) is 10.9. The number of hydrogen-bond donors (Lipinski definition) is 1. The number of aromatic nitrogens is 2. The fraction of sp³-hybridized carbons (Fsp3) is 0.432. The van der Waals surface area contributed by atoms with Crippen molar-refractivity contribution in [3.63, 3.8) is 0 Å². The predicted molar refractivity (Wildman–Crippen MR) is 221 cm³/mol. The van der Waals surface area contributed by atoms with Gasteiger partial charge in [0.05, 0.1) is 47.2 Å². The van der Waals surface area contributed by atoms with Gasteiger partial charge >= 0.3 is 5.97 Å². The first-order chi connectivity index (χ1) is 26.6. The van der Waals surface area contributed by atoms with Crippen molar-refractivity contribution in [1.29, 1.82) is 0 Å². The number of carbonyl (C=O) groups excluding carboxylic acids is 2. The molecule has 0 fully saturated rings. The van der Waals surface area contributed by atoms with Gasteiger partial charge in [0, 0.05) is 54.3 Å². The number of nitrogens with zero attached hydrogens (tertiary/aromatic N) is 3. The van der Waals surface area contributed by atoms with Crippen LogP contribution in [0.25, 0.3) is 17.2 Å². The van der Waals surface area contributed by atoms with Crippen LogP contribution in [0.1, 0.15) is 78.0 Å². The molecule has 5 rings (SSSR count). The zero-order valence-electron chi connectivity index (χ0n) is 33.0. The lowest BCUT2D eigenvalue weighted by Gasteiger charge is -2.35. The van der Waals surface area contributed by atoms with E-state index in [1.54, 1.807) is 36.8 Å². The van der Waals surface area contributed by atoms with Crippen LogP contribution in [0.3, 0.4) is 0 Å². The number of amides is 1. The molecule has 2 heterocycles. The van der Waals surface area contributed by atoms with E-state index in [-0.39, 0.29) is 11.9 Å². The van der Waals surface area contributed by atoms with E-state index in [0.29, 0.717) is 61.2 Å². The Balaban J connectivity index is 1.35. The highest BCUT2D eigenvalue weighted by Crippen LogP contribution is 2.35. The van der Waals surface area contributed by atoms with Crippen molar-refractivity contribution < 1.29 is 28.0 Å². The first kappa shape index (κ1) is 41.4. The van der Waals surface area contributed by atoms with E-state index in [4.69, 9.17) is 14.2 Å². The van der Waals surface area contributed by atoms with E-state index >= 15 is 0 Å². The van der Waals surface area contributed by atoms with Gasteiger partial charge in [-0.3, -0.25) is 13.8 Å². The van der Waals surface area contributed by atoms with Crippen LogP contribution in [-0.4, -0.2) is 65.2 Å². The van der Waals surface area contributed by atoms with E-state index < -0.39 is 16.2 Å². The monoisotopic (exact) mass is 768 g/mol. The molecule has 1 aromatic heterocycles. The Kier molecular flexibility index (Phi) is 15.3. The second kappa shape index (κ2) is 20.3. The summed E-state index contributed by atoms with van der Waals surface area (Å²) >= 11 is 0. The highest BCUT2D eigenvalue weighted by Gasteiger charge is 2.33. The van der Waals surface area contributed by atoms with Crippen molar-refractivity contribution in [2.45, 2.75) is 83.9 Å². The third-order valence-electron chi connectivity index (χ3n) is 9.52. The Bertz CT molecular complexity index is 1920. The molecule has 1 aliphatic rings. The Labute approximate surface area is 328 Å². The van der Waals surface area contributed by atoms with Crippen LogP contribution in [0.15, 0.2) is 89.7 Å². The molecule has 1 atom stereocenters. The number of unbranched alkanes of at least 4 members (excludes halogenated alkanes) is 1. The number of benzene rings is 3. The van der Waals surface area contributed by atoms with E-state index in [1.807, 2.05) is 55.7 Å². The van der Waals surface area contributed by atoms with Gasteiger partial charge in [-0.1, -0.05) is 38.5 Å². The third kappa shape index (κ3) is 11.6. The van der Waals surface area contributed by atoms with Gasteiger partial charge in [0.1, 0.15) is 12.4 Å². The van der Waals surface area contributed by atoms with Crippen molar-refractivity contribution in [3.8, 4) is 16.9 Å². The van der Waals surface area contributed by atoms with Crippen LogP contribution in [0.5, 0.6) is 5.75 Å². The molecule has 0 saturated carbocycles. The van der Waals surface area contributed by atoms with Gasteiger partial charge in [-0.15, -0.1) is 0 Å². The molecule has 10 nitrogen and oxygen atoms in total. The summed E-state index contributed by atoms with van der Waals surface area (Å²) in [5.74, 6) is 0.729. The largest absolute Gasteiger partial charge is 0.491 e. The first-order valence-corrected chi connectivity index (χ1v) is 20.8. The van der Waals surface area contributed by atoms with Gasteiger partial charge in [0.25, 0.3) is 5.91 Å². The lowest BCUT2D eigenvalue weighted by molar-refractivity contribution is -0.152. The van der Waals surface area contributed by atoms with Gasteiger partial charge in [-0.2, -0.15) is 0 Å². The number of fused-ring (bicyclic) bond motifs is 1. The molecule has 0 bridgehead atoms. The molecule has 0 spiro atoms. The Morgan fingerprint density at radius 3 is 2.42 bits per heavy atom. The average Bonchev–Trinajstić information content (AvgIpc) is 3.61. The smallest absolute Gasteiger partial charge is 0.313 e. The fourth-order valence-electron chi connectivity index (χ4n) is 6.53. The van der Waals surface area contributed by atoms with Crippen LogP contribution < -0.4 is 15.0 Å². The number of aryl methyl sites for hydroxylation is 1. The average molecular weight is 769 g/mol. The lowest BCUT2D eigenvalue weighted by atomic mass is 9.90. The van der Waals surface area contributed by atoms with Crippen LogP contribution in [0.2, 0.25) is 0 Å². The first-order valence-electron chi connectivity index (χ1n) is 19.5. The number of imidazole rings is 1. The molecule has 1 aliphatic heterocycles. The topological polar surface area (TPSA) is 112 Å². The summed E-state index contributed by atoms with van der Waals surface area (Å²) in [5, 5.41) is 3.07. The predicted octanol–water partition coefficient (Wildman–Crippen LogP) is 8.68.